The molecule has 1 aromatic rings. The number of amides is 2. The van der Waals surface area contributed by atoms with E-state index in [9.17, 15) is 14.0 Å². The Bertz CT molecular complexity index is 939. The van der Waals surface area contributed by atoms with E-state index in [1.807, 2.05) is 0 Å². The van der Waals surface area contributed by atoms with Crippen LogP contribution in [-0.2, 0) is 14.1 Å². The van der Waals surface area contributed by atoms with Gasteiger partial charge in [-0.3, -0.25) is 9.59 Å². The van der Waals surface area contributed by atoms with Gasteiger partial charge in [0.05, 0.1) is 29.8 Å². The van der Waals surface area contributed by atoms with Gasteiger partial charge in [-0.1, -0.05) is 39.3 Å². The molecule has 0 radical (unpaired) electrons. The topological polar surface area (TPSA) is 76.7 Å². The fraction of sp³-hybridized carbons (Fsp3) is 0.680. The van der Waals surface area contributed by atoms with Gasteiger partial charge in [0.25, 0.3) is 5.91 Å². The maximum atomic E-state index is 14.0. The number of aryl methyl sites for hydroxylation is 1. The van der Waals surface area contributed by atoms with Crippen molar-refractivity contribution < 1.29 is 23.3 Å². The number of halogens is 1. The Balaban J connectivity index is 1.39. The summed E-state index contributed by atoms with van der Waals surface area (Å²) in [5, 5.41) is 5.53. The van der Waals surface area contributed by atoms with E-state index < -0.39 is 18.8 Å². The molecule has 2 bridgehead atoms. The van der Waals surface area contributed by atoms with Gasteiger partial charge in [0.2, 0.25) is 5.91 Å². The van der Waals surface area contributed by atoms with Crippen LogP contribution in [0.3, 0.4) is 0 Å². The molecule has 8 heteroatoms. The summed E-state index contributed by atoms with van der Waals surface area (Å²) in [6, 6.07) is 4.32. The Kier molecular flexibility index (Phi) is 6.38. The summed E-state index contributed by atoms with van der Waals surface area (Å²) in [4.78, 5) is 25.1. The zero-order valence-electron chi connectivity index (χ0n) is 20.5. The van der Waals surface area contributed by atoms with Crippen molar-refractivity contribution in [2.24, 2.45) is 23.2 Å². The summed E-state index contributed by atoms with van der Waals surface area (Å²) in [6.45, 7) is 12.5. The van der Waals surface area contributed by atoms with Crippen LogP contribution in [0.25, 0.3) is 0 Å². The van der Waals surface area contributed by atoms with Crippen molar-refractivity contribution in [1.82, 2.24) is 10.6 Å². The average molecular weight is 458 g/mol. The zero-order valence-corrected chi connectivity index (χ0v) is 20.5. The Hall–Kier alpha value is -1.93. The maximum absolute atomic E-state index is 14.0. The van der Waals surface area contributed by atoms with Gasteiger partial charge in [0, 0.05) is 0 Å². The van der Waals surface area contributed by atoms with Gasteiger partial charge < -0.3 is 19.9 Å². The van der Waals surface area contributed by atoms with Crippen molar-refractivity contribution in [1.29, 1.82) is 0 Å². The van der Waals surface area contributed by atoms with Gasteiger partial charge in [0.15, 0.2) is 0 Å². The first-order chi connectivity index (χ1) is 15.4. The van der Waals surface area contributed by atoms with E-state index in [4.69, 9.17) is 9.31 Å². The number of carbonyl (C=O) groups excluding carboxylic acids is 2. The van der Waals surface area contributed by atoms with Crippen LogP contribution in [0.15, 0.2) is 18.2 Å². The molecule has 33 heavy (non-hydrogen) atoms. The number of rotatable bonds is 7. The highest BCUT2D eigenvalue weighted by molar-refractivity contribution is 6.47. The molecule has 2 N–H and O–H groups in total. The summed E-state index contributed by atoms with van der Waals surface area (Å²) >= 11 is 0. The lowest BCUT2D eigenvalue weighted by Crippen LogP contribution is -2.65. The van der Waals surface area contributed by atoms with Crippen molar-refractivity contribution in [3.8, 4) is 0 Å². The number of hydrogen-bond acceptors (Lipinski definition) is 4. The summed E-state index contributed by atoms with van der Waals surface area (Å²) in [5.41, 5.74) is 0.604. The summed E-state index contributed by atoms with van der Waals surface area (Å²) in [6.07, 6.45) is 2.88. The third-order valence-corrected chi connectivity index (χ3v) is 8.15. The fourth-order valence-electron chi connectivity index (χ4n) is 6.14. The first kappa shape index (κ1) is 24.2. The van der Waals surface area contributed by atoms with E-state index >= 15 is 0 Å². The van der Waals surface area contributed by atoms with Crippen molar-refractivity contribution in [3.05, 3.63) is 35.1 Å². The van der Waals surface area contributed by atoms with E-state index in [1.54, 1.807) is 13.0 Å². The first-order valence-electron chi connectivity index (χ1n) is 12.1. The van der Waals surface area contributed by atoms with Crippen molar-refractivity contribution in [2.75, 3.05) is 6.54 Å². The molecule has 180 valence electrons. The Morgan fingerprint density at radius 1 is 1.24 bits per heavy atom. The van der Waals surface area contributed by atoms with Crippen LogP contribution in [0.4, 0.5) is 4.39 Å². The molecule has 1 heterocycles. The number of nitrogens with one attached hydrogen (secondary N) is 2. The number of benzene rings is 1. The summed E-state index contributed by atoms with van der Waals surface area (Å²) in [7, 11) is -0.522. The van der Waals surface area contributed by atoms with Gasteiger partial charge >= 0.3 is 7.12 Å². The molecule has 1 aliphatic heterocycles. The van der Waals surface area contributed by atoms with Crippen molar-refractivity contribution in [2.45, 2.75) is 78.5 Å². The standard InChI is InChI=1S/C25H36BFN2O4/c1-14(2)9-21(26-32-20-12-16-11-19(24(16,4)5)25(20,6)33-26)29-22(30)13-28-23(31)17-10-15(3)7-8-18(17)27/h7-8,10,14,16,19-21H,9,11-13H2,1-6H3,(H,28,31)(H,29,30)/t16-,19-,20+,21-,25-/m0/s1. The highest BCUT2D eigenvalue weighted by Gasteiger charge is 2.68. The quantitative estimate of drug-likeness (QED) is 0.612. The molecule has 3 aliphatic carbocycles. The van der Waals surface area contributed by atoms with Crippen LogP contribution < -0.4 is 10.6 Å². The lowest BCUT2D eigenvalue weighted by Gasteiger charge is -2.64. The number of hydrogen-bond donors (Lipinski definition) is 2. The largest absolute Gasteiger partial charge is 0.481 e. The lowest BCUT2D eigenvalue weighted by molar-refractivity contribution is -0.199. The van der Waals surface area contributed by atoms with Crippen molar-refractivity contribution in [3.63, 3.8) is 0 Å². The fourth-order valence-corrected chi connectivity index (χ4v) is 6.14. The second kappa shape index (κ2) is 8.69. The highest BCUT2D eigenvalue weighted by Crippen LogP contribution is 2.65. The van der Waals surface area contributed by atoms with Gasteiger partial charge in [-0.25, -0.2) is 4.39 Å². The molecule has 6 nitrogen and oxygen atoms in total. The van der Waals surface area contributed by atoms with Crippen LogP contribution in [0.1, 0.15) is 69.8 Å². The molecule has 1 saturated heterocycles. The molecule has 0 unspecified atom stereocenters. The monoisotopic (exact) mass is 458 g/mol. The van der Waals surface area contributed by atoms with Gasteiger partial charge in [-0.2, -0.15) is 0 Å². The first-order valence-corrected chi connectivity index (χ1v) is 12.1. The highest BCUT2D eigenvalue weighted by atomic mass is 19.1. The van der Waals surface area contributed by atoms with Crippen molar-refractivity contribution >= 4 is 18.9 Å². The minimum atomic E-state index is -0.610. The summed E-state index contributed by atoms with van der Waals surface area (Å²) in [5.74, 6) is -0.483. The molecule has 0 spiro atoms. The minimum absolute atomic E-state index is 0.0369. The van der Waals surface area contributed by atoms with E-state index in [1.165, 1.54) is 18.6 Å². The van der Waals surface area contributed by atoms with E-state index in [2.05, 4.69) is 45.3 Å². The van der Waals surface area contributed by atoms with Crippen LogP contribution in [0, 0.1) is 35.9 Å². The molecule has 4 aliphatic rings. The lowest BCUT2D eigenvalue weighted by atomic mass is 9.43. The Morgan fingerprint density at radius 3 is 2.64 bits per heavy atom. The predicted molar refractivity (Wildman–Crippen MR) is 125 cm³/mol. The molecule has 4 fully saturated rings. The van der Waals surface area contributed by atoms with Crippen LogP contribution in [0.5, 0.6) is 0 Å². The van der Waals surface area contributed by atoms with Gasteiger partial charge in [-0.05, 0) is 68.4 Å². The Labute approximate surface area is 196 Å². The van der Waals surface area contributed by atoms with Crippen LogP contribution in [0.2, 0.25) is 0 Å². The van der Waals surface area contributed by atoms with Gasteiger partial charge in [0.1, 0.15) is 5.82 Å². The van der Waals surface area contributed by atoms with Crippen LogP contribution in [-0.4, -0.2) is 43.1 Å². The Morgan fingerprint density at radius 2 is 1.97 bits per heavy atom. The van der Waals surface area contributed by atoms with E-state index in [-0.39, 0.29) is 41.1 Å². The predicted octanol–water partition coefficient (Wildman–Crippen LogP) is 3.66. The van der Waals surface area contributed by atoms with E-state index in [0.717, 1.165) is 12.0 Å². The zero-order chi connectivity index (χ0) is 24.1. The minimum Gasteiger partial charge on any atom is -0.404 e. The molecule has 0 aromatic heterocycles. The SMILES string of the molecule is Cc1ccc(F)c(C(=O)NCC(=O)N[C@@H](CC(C)C)B2O[C@@H]3C[C@@H]4C[C@@H](C4(C)C)[C@]3(C)O2)c1. The molecular formula is C25H36BFN2O4. The third kappa shape index (κ3) is 4.44. The third-order valence-electron chi connectivity index (χ3n) is 8.15. The normalized spacial score (nSPS) is 30.4. The number of carbonyl (C=O) groups is 2. The molecule has 2 amide bonds. The smallest absolute Gasteiger partial charge is 0.404 e. The second-order valence-corrected chi connectivity index (χ2v) is 11.3. The second-order valence-electron chi connectivity index (χ2n) is 11.3. The molecule has 5 rings (SSSR count). The summed E-state index contributed by atoms with van der Waals surface area (Å²) < 4.78 is 26.9. The van der Waals surface area contributed by atoms with E-state index in [0.29, 0.717) is 24.2 Å². The van der Waals surface area contributed by atoms with Gasteiger partial charge in [-0.15, -0.1) is 0 Å². The molecule has 3 saturated carbocycles. The molecule has 5 atom stereocenters. The maximum Gasteiger partial charge on any atom is 0.481 e. The molecular weight excluding hydrogens is 422 g/mol. The van der Waals surface area contributed by atoms with Crippen LogP contribution >= 0.6 is 0 Å². The molecule has 1 aromatic carbocycles. The average Bonchev–Trinajstić information content (AvgIpc) is 3.10.